The molecule has 2 atom stereocenters. The third-order valence-electron chi connectivity index (χ3n) is 4.26. The first-order chi connectivity index (χ1) is 10.5. The Kier molecular flexibility index (Phi) is 4.27. The first kappa shape index (κ1) is 15.2. The van der Waals surface area contributed by atoms with Gasteiger partial charge in [0.2, 0.25) is 0 Å². The Morgan fingerprint density at radius 1 is 1.41 bits per heavy atom. The van der Waals surface area contributed by atoms with Gasteiger partial charge >= 0.3 is 0 Å². The Labute approximate surface area is 130 Å². The van der Waals surface area contributed by atoms with Gasteiger partial charge in [-0.15, -0.1) is 0 Å². The Hall–Kier alpha value is -1.72. The number of imidazole rings is 1. The van der Waals surface area contributed by atoms with Crippen molar-refractivity contribution in [3.8, 4) is 0 Å². The Morgan fingerprint density at radius 2 is 2.23 bits per heavy atom. The highest BCUT2D eigenvalue weighted by molar-refractivity contribution is 5.22. The molecule has 1 fully saturated rings. The number of β-amino-alcohol motifs (C(OH)–C–C–N with tert-alkyl or cyclic N) is 1. The Bertz CT molecular complexity index is 640. The maximum absolute atomic E-state index is 13.5. The molecule has 1 saturated heterocycles. The third-order valence-corrected chi connectivity index (χ3v) is 4.26. The molecule has 2 aromatic rings. The van der Waals surface area contributed by atoms with Crippen LogP contribution in [0.25, 0.3) is 0 Å². The van der Waals surface area contributed by atoms with E-state index in [1.807, 2.05) is 12.3 Å². The van der Waals surface area contributed by atoms with Crippen LogP contribution in [0, 0.1) is 5.82 Å². The summed E-state index contributed by atoms with van der Waals surface area (Å²) in [6, 6.07) is 7.03. The van der Waals surface area contributed by atoms with Crippen molar-refractivity contribution in [2.75, 3.05) is 6.54 Å². The van der Waals surface area contributed by atoms with Gasteiger partial charge in [-0.25, -0.2) is 9.37 Å². The second-order valence-electron chi connectivity index (χ2n) is 6.23. The monoisotopic (exact) mass is 303 g/mol. The van der Waals surface area contributed by atoms with Gasteiger partial charge in [0.1, 0.15) is 11.6 Å². The summed E-state index contributed by atoms with van der Waals surface area (Å²) in [5, 5.41) is 10.0. The van der Waals surface area contributed by atoms with Crippen LogP contribution in [-0.4, -0.2) is 32.2 Å². The topological polar surface area (TPSA) is 41.3 Å². The number of likely N-dealkylation sites (tertiary alicyclic amines) is 1. The quantitative estimate of drug-likeness (QED) is 0.944. The van der Waals surface area contributed by atoms with E-state index >= 15 is 0 Å². The third kappa shape index (κ3) is 3.05. The SMILES string of the molecule is CC(C)n1ccnc1CN1C[C@@H](O)C[C@H]1c1cccc(F)c1. The predicted molar refractivity (Wildman–Crippen MR) is 82.8 cm³/mol. The molecule has 1 aromatic carbocycles. The number of hydrogen-bond donors (Lipinski definition) is 1. The van der Waals surface area contributed by atoms with E-state index in [1.54, 1.807) is 18.3 Å². The number of aliphatic hydroxyl groups is 1. The van der Waals surface area contributed by atoms with Gasteiger partial charge in [-0.1, -0.05) is 12.1 Å². The first-order valence-corrected chi connectivity index (χ1v) is 7.74. The van der Waals surface area contributed by atoms with Crippen molar-refractivity contribution < 1.29 is 9.50 Å². The van der Waals surface area contributed by atoms with Crippen molar-refractivity contribution in [1.29, 1.82) is 0 Å². The van der Waals surface area contributed by atoms with Gasteiger partial charge in [0.25, 0.3) is 0 Å². The van der Waals surface area contributed by atoms with Gasteiger partial charge in [-0.2, -0.15) is 0 Å². The highest BCUT2D eigenvalue weighted by Gasteiger charge is 2.33. The predicted octanol–water partition coefficient (Wildman–Crippen LogP) is 2.91. The normalized spacial score (nSPS) is 22.6. The van der Waals surface area contributed by atoms with Crippen LogP contribution in [0.1, 0.15) is 43.7 Å². The molecule has 1 aliphatic heterocycles. The van der Waals surface area contributed by atoms with Gasteiger partial charge in [-0.3, -0.25) is 4.90 Å². The molecule has 0 bridgehead atoms. The molecule has 2 heterocycles. The molecule has 1 aromatic heterocycles. The van der Waals surface area contributed by atoms with E-state index < -0.39 is 0 Å². The molecule has 1 N–H and O–H groups in total. The first-order valence-electron chi connectivity index (χ1n) is 7.74. The fourth-order valence-electron chi connectivity index (χ4n) is 3.23. The van der Waals surface area contributed by atoms with Gasteiger partial charge in [0, 0.05) is 31.0 Å². The summed E-state index contributed by atoms with van der Waals surface area (Å²) < 4.78 is 15.6. The zero-order valence-corrected chi connectivity index (χ0v) is 13.0. The minimum absolute atomic E-state index is 0.0306. The van der Waals surface area contributed by atoms with Crippen LogP contribution in [0.5, 0.6) is 0 Å². The van der Waals surface area contributed by atoms with Crippen LogP contribution >= 0.6 is 0 Å². The second kappa shape index (κ2) is 6.18. The van der Waals surface area contributed by atoms with Gasteiger partial charge in [0.15, 0.2) is 0 Å². The van der Waals surface area contributed by atoms with Crippen molar-refractivity contribution >= 4 is 0 Å². The molecule has 4 nitrogen and oxygen atoms in total. The number of benzene rings is 1. The lowest BCUT2D eigenvalue weighted by Crippen LogP contribution is -2.26. The van der Waals surface area contributed by atoms with Crippen molar-refractivity contribution in [1.82, 2.24) is 14.5 Å². The minimum Gasteiger partial charge on any atom is -0.392 e. The molecule has 0 aliphatic carbocycles. The molecule has 0 amide bonds. The second-order valence-corrected chi connectivity index (χ2v) is 6.23. The molecule has 3 rings (SSSR count). The Balaban J connectivity index is 1.83. The maximum atomic E-state index is 13.5. The molecule has 5 heteroatoms. The molecule has 0 unspecified atom stereocenters. The van der Waals surface area contributed by atoms with Gasteiger partial charge in [0.05, 0.1) is 12.6 Å². The summed E-state index contributed by atoms with van der Waals surface area (Å²) in [7, 11) is 0. The van der Waals surface area contributed by atoms with E-state index in [0.29, 0.717) is 25.6 Å². The molecular weight excluding hydrogens is 281 g/mol. The highest BCUT2D eigenvalue weighted by Crippen LogP contribution is 2.33. The molecule has 0 saturated carbocycles. The van der Waals surface area contributed by atoms with Crippen molar-refractivity contribution in [2.24, 2.45) is 0 Å². The van der Waals surface area contributed by atoms with E-state index in [2.05, 4.69) is 28.3 Å². The number of rotatable bonds is 4. The summed E-state index contributed by atoms with van der Waals surface area (Å²) in [4.78, 5) is 6.62. The van der Waals surface area contributed by atoms with E-state index in [-0.39, 0.29) is 18.0 Å². The van der Waals surface area contributed by atoms with Crippen LogP contribution in [0.4, 0.5) is 4.39 Å². The highest BCUT2D eigenvalue weighted by atomic mass is 19.1. The van der Waals surface area contributed by atoms with Crippen LogP contribution in [-0.2, 0) is 6.54 Å². The van der Waals surface area contributed by atoms with E-state index in [9.17, 15) is 9.50 Å². The van der Waals surface area contributed by atoms with E-state index in [1.165, 1.54) is 6.07 Å². The lowest BCUT2D eigenvalue weighted by Gasteiger charge is -2.25. The van der Waals surface area contributed by atoms with E-state index in [4.69, 9.17) is 0 Å². The number of halogens is 1. The average Bonchev–Trinajstić information content (AvgIpc) is 3.06. The minimum atomic E-state index is -0.379. The molecular formula is C17H22FN3O. The molecule has 118 valence electrons. The fraction of sp³-hybridized carbons (Fsp3) is 0.471. The fourth-order valence-corrected chi connectivity index (χ4v) is 3.23. The maximum Gasteiger partial charge on any atom is 0.123 e. The zero-order valence-electron chi connectivity index (χ0n) is 13.0. The average molecular weight is 303 g/mol. The number of nitrogens with zero attached hydrogens (tertiary/aromatic N) is 3. The molecule has 0 spiro atoms. The van der Waals surface area contributed by atoms with Crippen LogP contribution < -0.4 is 0 Å². The lowest BCUT2D eigenvalue weighted by atomic mass is 10.0. The summed E-state index contributed by atoms with van der Waals surface area (Å²) >= 11 is 0. The van der Waals surface area contributed by atoms with Gasteiger partial charge < -0.3 is 9.67 Å². The molecule has 0 radical (unpaired) electrons. The van der Waals surface area contributed by atoms with Crippen LogP contribution in [0.2, 0.25) is 0 Å². The largest absolute Gasteiger partial charge is 0.392 e. The standard InChI is InChI=1S/C17H22FN3O/c1-12(2)21-7-6-19-17(21)11-20-10-15(22)9-16(20)13-4-3-5-14(18)8-13/h3-8,12,15-16,22H,9-11H2,1-2H3/t15-,16-/m0/s1. The van der Waals surface area contributed by atoms with Crippen molar-refractivity contribution in [3.05, 3.63) is 53.9 Å². The lowest BCUT2D eigenvalue weighted by molar-refractivity contribution is 0.170. The summed E-state index contributed by atoms with van der Waals surface area (Å²) in [5.74, 6) is 0.744. The van der Waals surface area contributed by atoms with Crippen molar-refractivity contribution in [2.45, 2.75) is 45.0 Å². The number of aromatic nitrogens is 2. The summed E-state index contributed by atoms with van der Waals surface area (Å²) in [6.45, 7) is 5.48. The van der Waals surface area contributed by atoms with Crippen molar-refractivity contribution in [3.63, 3.8) is 0 Å². The van der Waals surface area contributed by atoms with Crippen LogP contribution in [0.3, 0.4) is 0 Å². The zero-order chi connectivity index (χ0) is 15.7. The summed E-state index contributed by atoms with van der Waals surface area (Å²) in [6.07, 6.45) is 4.03. The van der Waals surface area contributed by atoms with E-state index in [0.717, 1.165) is 11.4 Å². The van der Waals surface area contributed by atoms with Crippen LogP contribution in [0.15, 0.2) is 36.7 Å². The number of hydrogen-bond acceptors (Lipinski definition) is 3. The van der Waals surface area contributed by atoms with Gasteiger partial charge in [-0.05, 0) is 38.0 Å². The molecule has 1 aliphatic rings. The number of aliphatic hydroxyl groups excluding tert-OH is 1. The Morgan fingerprint density at radius 3 is 2.95 bits per heavy atom. The summed E-state index contributed by atoms with van der Waals surface area (Å²) in [5.41, 5.74) is 0.916. The smallest absolute Gasteiger partial charge is 0.123 e. The molecule has 22 heavy (non-hydrogen) atoms.